The van der Waals surface area contributed by atoms with E-state index in [1.165, 1.54) is 0 Å². The number of amides is 1. The summed E-state index contributed by atoms with van der Waals surface area (Å²) < 4.78 is 0. The maximum atomic E-state index is 12.1. The third-order valence-corrected chi connectivity index (χ3v) is 2.72. The smallest absolute Gasteiger partial charge is 0.229 e. The predicted octanol–water partition coefficient (Wildman–Crippen LogP) is 2.63. The highest BCUT2D eigenvalue weighted by Crippen LogP contribution is 2.33. The van der Waals surface area contributed by atoms with Gasteiger partial charge in [-0.05, 0) is 32.9 Å². The molecule has 0 radical (unpaired) electrons. The second kappa shape index (κ2) is 3.81. The van der Waals surface area contributed by atoms with Crippen LogP contribution in [0, 0.1) is 0 Å². The zero-order valence-electron chi connectivity index (χ0n) is 10.1. The van der Waals surface area contributed by atoms with Crippen molar-refractivity contribution in [1.82, 2.24) is 0 Å². The van der Waals surface area contributed by atoms with Crippen molar-refractivity contribution in [2.75, 3.05) is 16.8 Å². The highest BCUT2D eigenvalue weighted by Gasteiger charge is 2.30. The molecular weight excluding hydrogens is 200 g/mol. The summed E-state index contributed by atoms with van der Waals surface area (Å²) in [6.45, 7) is 6.90. The van der Waals surface area contributed by atoms with E-state index in [-0.39, 0.29) is 11.4 Å². The van der Waals surface area contributed by atoms with E-state index in [1.807, 2.05) is 29.2 Å². The quantitative estimate of drug-likeness (QED) is 0.726. The Labute approximate surface area is 96.5 Å². The van der Waals surface area contributed by atoms with Crippen molar-refractivity contribution in [3.8, 4) is 0 Å². The van der Waals surface area contributed by atoms with Crippen LogP contribution in [-0.4, -0.2) is 18.0 Å². The number of hydrogen-bond donors (Lipinski definition) is 1. The molecule has 1 heterocycles. The number of benzene rings is 1. The second-order valence-corrected chi connectivity index (χ2v) is 5.09. The summed E-state index contributed by atoms with van der Waals surface area (Å²) in [5.74, 6) is 0.185. The number of hydrogen-bond acceptors (Lipinski definition) is 2. The Morgan fingerprint density at radius 3 is 2.62 bits per heavy atom. The molecular formula is C13H18N2O. The molecule has 0 fully saturated rings. The van der Waals surface area contributed by atoms with Gasteiger partial charge in [-0.2, -0.15) is 0 Å². The molecule has 1 amide bonds. The van der Waals surface area contributed by atoms with Gasteiger partial charge < -0.3 is 10.2 Å². The van der Waals surface area contributed by atoms with Gasteiger partial charge in [0.05, 0.1) is 11.4 Å². The fourth-order valence-corrected chi connectivity index (χ4v) is 2.10. The Balaban J connectivity index is 2.52. The lowest BCUT2D eigenvalue weighted by Crippen LogP contribution is -2.45. The molecule has 0 aliphatic carbocycles. The Kier molecular flexibility index (Phi) is 2.62. The SMILES string of the molecule is CC(C)(C)N1C(=O)CCNc2ccccc21. The number of carbonyl (C=O) groups is 1. The van der Waals surface area contributed by atoms with Crippen molar-refractivity contribution in [2.24, 2.45) is 0 Å². The van der Waals surface area contributed by atoms with Crippen LogP contribution in [0.5, 0.6) is 0 Å². The Bertz CT molecular complexity index is 407. The molecule has 1 N–H and O–H groups in total. The molecule has 3 heteroatoms. The summed E-state index contributed by atoms with van der Waals surface area (Å²) in [5.41, 5.74) is 1.85. The second-order valence-electron chi connectivity index (χ2n) is 5.09. The van der Waals surface area contributed by atoms with Gasteiger partial charge in [-0.3, -0.25) is 4.79 Å². The number of nitrogens with one attached hydrogen (secondary N) is 1. The first kappa shape index (κ1) is 11.0. The monoisotopic (exact) mass is 218 g/mol. The topological polar surface area (TPSA) is 32.3 Å². The van der Waals surface area contributed by atoms with Gasteiger partial charge in [-0.1, -0.05) is 12.1 Å². The average molecular weight is 218 g/mol. The van der Waals surface area contributed by atoms with E-state index >= 15 is 0 Å². The molecule has 0 bridgehead atoms. The first-order valence-electron chi connectivity index (χ1n) is 5.66. The Morgan fingerprint density at radius 2 is 1.94 bits per heavy atom. The largest absolute Gasteiger partial charge is 0.383 e. The van der Waals surface area contributed by atoms with Crippen molar-refractivity contribution in [3.05, 3.63) is 24.3 Å². The first-order chi connectivity index (χ1) is 7.50. The van der Waals surface area contributed by atoms with E-state index in [9.17, 15) is 4.79 Å². The molecule has 0 atom stereocenters. The minimum absolute atomic E-state index is 0.181. The van der Waals surface area contributed by atoms with Gasteiger partial charge in [-0.25, -0.2) is 0 Å². The predicted molar refractivity (Wildman–Crippen MR) is 66.8 cm³/mol. The number of para-hydroxylation sites is 2. The molecule has 0 unspecified atom stereocenters. The van der Waals surface area contributed by atoms with Crippen molar-refractivity contribution in [3.63, 3.8) is 0 Å². The summed E-state index contributed by atoms with van der Waals surface area (Å²) in [6.07, 6.45) is 0.548. The van der Waals surface area contributed by atoms with Crippen LogP contribution in [0.2, 0.25) is 0 Å². The minimum atomic E-state index is -0.181. The highest BCUT2D eigenvalue weighted by molar-refractivity contribution is 5.99. The molecule has 0 aromatic heterocycles. The zero-order valence-corrected chi connectivity index (χ0v) is 10.1. The molecule has 1 aromatic rings. The summed E-state index contributed by atoms with van der Waals surface area (Å²) in [5, 5.41) is 3.30. The average Bonchev–Trinajstić information content (AvgIpc) is 2.34. The standard InChI is InChI=1S/C13H18N2O/c1-13(2,3)15-11-7-5-4-6-10(11)14-9-8-12(15)16/h4-7,14H,8-9H2,1-3H3. The number of rotatable bonds is 0. The van der Waals surface area contributed by atoms with Gasteiger partial charge in [0.25, 0.3) is 0 Å². The van der Waals surface area contributed by atoms with E-state index in [1.54, 1.807) is 0 Å². The Morgan fingerprint density at radius 1 is 1.25 bits per heavy atom. The number of carbonyl (C=O) groups excluding carboxylic acids is 1. The summed E-state index contributed by atoms with van der Waals surface area (Å²) >= 11 is 0. The molecule has 0 saturated heterocycles. The zero-order chi connectivity index (χ0) is 11.8. The van der Waals surface area contributed by atoms with Gasteiger partial charge in [-0.15, -0.1) is 0 Å². The fourth-order valence-electron chi connectivity index (χ4n) is 2.10. The molecule has 1 aliphatic heterocycles. The number of fused-ring (bicyclic) bond motifs is 1. The third kappa shape index (κ3) is 1.90. The fraction of sp³-hybridized carbons (Fsp3) is 0.462. The molecule has 1 aromatic carbocycles. The van der Waals surface area contributed by atoms with Crippen LogP contribution in [0.4, 0.5) is 11.4 Å². The summed E-state index contributed by atoms with van der Waals surface area (Å²) in [4.78, 5) is 14.0. The molecule has 86 valence electrons. The van der Waals surface area contributed by atoms with Crippen LogP contribution in [0.3, 0.4) is 0 Å². The van der Waals surface area contributed by atoms with E-state index < -0.39 is 0 Å². The molecule has 0 spiro atoms. The molecule has 3 nitrogen and oxygen atoms in total. The maximum absolute atomic E-state index is 12.1. The van der Waals surface area contributed by atoms with Gasteiger partial charge in [0, 0.05) is 18.5 Å². The molecule has 16 heavy (non-hydrogen) atoms. The molecule has 1 aliphatic rings. The van der Waals surface area contributed by atoms with Gasteiger partial charge >= 0.3 is 0 Å². The normalized spacial score (nSPS) is 16.4. The van der Waals surface area contributed by atoms with E-state index in [0.717, 1.165) is 11.4 Å². The Hall–Kier alpha value is -1.51. The van der Waals surface area contributed by atoms with Crippen LogP contribution >= 0.6 is 0 Å². The lowest BCUT2D eigenvalue weighted by molar-refractivity contribution is -0.119. The third-order valence-electron chi connectivity index (χ3n) is 2.72. The van der Waals surface area contributed by atoms with Crippen LogP contribution in [0.25, 0.3) is 0 Å². The first-order valence-corrected chi connectivity index (χ1v) is 5.66. The molecule has 0 saturated carbocycles. The number of nitrogens with zero attached hydrogens (tertiary/aromatic N) is 1. The van der Waals surface area contributed by atoms with E-state index in [2.05, 4.69) is 26.1 Å². The van der Waals surface area contributed by atoms with Crippen LogP contribution in [0.15, 0.2) is 24.3 Å². The van der Waals surface area contributed by atoms with Crippen LogP contribution < -0.4 is 10.2 Å². The molecule has 2 rings (SSSR count). The van der Waals surface area contributed by atoms with Crippen molar-refractivity contribution in [1.29, 1.82) is 0 Å². The van der Waals surface area contributed by atoms with Gasteiger partial charge in [0.2, 0.25) is 5.91 Å². The summed E-state index contributed by atoms with van der Waals surface area (Å²) in [7, 11) is 0. The highest BCUT2D eigenvalue weighted by atomic mass is 16.2. The van der Waals surface area contributed by atoms with E-state index in [4.69, 9.17) is 0 Å². The lowest BCUT2D eigenvalue weighted by atomic mass is 10.0. The van der Waals surface area contributed by atoms with E-state index in [0.29, 0.717) is 13.0 Å². The summed E-state index contributed by atoms with van der Waals surface area (Å²) in [6, 6.07) is 7.98. The van der Waals surface area contributed by atoms with Crippen LogP contribution in [0.1, 0.15) is 27.2 Å². The van der Waals surface area contributed by atoms with Crippen molar-refractivity contribution in [2.45, 2.75) is 32.7 Å². The lowest BCUT2D eigenvalue weighted by Gasteiger charge is -2.35. The maximum Gasteiger partial charge on any atom is 0.229 e. The van der Waals surface area contributed by atoms with Crippen molar-refractivity contribution >= 4 is 17.3 Å². The van der Waals surface area contributed by atoms with Gasteiger partial charge in [0.15, 0.2) is 0 Å². The van der Waals surface area contributed by atoms with Gasteiger partial charge in [0.1, 0.15) is 0 Å². The number of anilines is 2. The van der Waals surface area contributed by atoms with Crippen LogP contribution in [-0.2, 0) is 4.79 Å². The minimum Gasteiger partial charge on any atom is -0.383 e. The van der Waals surface area contributed by atoms with Crippen molar-refractivity contribution < 1.29 is 4.79 Å².